The van der Waals surface area contributed by atoms with Crippen LogP contribution in [0, 0.1) is 11.6 Å². The molecule has 1 aromatic rings. The lowest BCUT2D eigenvalue weighted by molar-refractivity contribution is 0.0782. The van der Waals surface area contributed by atoms with Crippen molar-refractivity contribution in [3.8, 4) is 5.75 Å². The average Bonchev–Trinajstić information content (AvgIpc) is 2.97. The Labute approximate surface area is 86.8 Å². The predicted molar refractivity (Wildman–Crippen MR) is 50.8 cm³/mol. The van der Waals surface area contributed by atoms with E-state index in [9.17, 15) is 8.78 Å². The lowest BCUT2D eigenvalue weighted by atomic mass is 10.1. The highest BCUT2D eigenvalue weighted by Gasteiger charge is 2.45. The average molecular weight is 214 g/mol. The molecule has 0 aromatic heterocycles. The van der Waals surface area contributed by atoms with Gasteiger partial charge in [0.1, 0.15) is 0 Å². The Morgan fingerprint density at radius 2 is 1.67 bits per heavy atom. The maximum Gasteiger partial charge on any atom is 0.190 e. The van der Waals surface area contributed by atoms with Gasteiger partial charge in [-0.1, -0.05) is 0 Å². The van der Waals surface area contributed by atoms with Crippen LogP contribution in [0.5, 0.6) is 5.75 Å². The van der Waals surface area contributed by atoms with Crippen molar-refractivity contribution in [2.75, 3.05) is 14.2 Å². The number of halogens is 2. The van der Waals surface area contributed by atoms with Crippen molar-refractivity contribution in [1.82, 2.24) is 0 Å². The zero-order valence-electron chi connectivity index (χ0n) is 8.64. The largest absolute Gasteiger partial charge is 0.491 e. The summed E-state index contributed by atoms with van der Waals surface area (Å²) in [6, 6.07) is 2.55. The third kappa shape index (κ3) is 1.59. The fraction of sp³-hybridized carbons (Fsp3) is 0.455. The minimum atomic E-state index is -0.684. The van der Waals surface area contributed by atoms with Crippen LogP contribution < -0.4 is 4.74 Å². The molecule has 15 heavy (non-hydrogen) atoms. The zero-order chi connectivity index (χ0) is 11.1. The van der Waals surface area contributed by atoms with E-state index < -0.39 is 17.2 Å². The lowest BCUT2D eigenvalue weighted by Crippen LogP contribution is -2.10. The Morgan fingerprint density at radius 3 is 2.00 bits per heavy atom. The molecule has 0 atom stereocenters. The summed E-state index contributed by atoms with van der Waals surface area (Å²) in [5.41, 5.74) is 0.0642. The first-order valence-corrected chi connectivity index (χ1v) is 4.71. The molecule has 1 aliphatic carbocycles. The highest BCUT2D eigenvalue weighted by atomic mass is 19.1. The van der Waals surface area contributed by atoms with E-state index in [4.69, 9.17) is 4.74 Å². The van der Waals surface area contributed by atoms with Crippen LogP contribution in [0.3, 0.4) is 0 Å². The monoisotopic (exact) mass is 214 g/mol. The van der Waals surface area contributed by atoms with E-state index >= 15 is 0 Å². The van der Waals surface area contributed by atoms with Crippen molar-refractivity contribution in [2.45, 2.75) is 18.4 Å². The van der Waals surface area contributed by atoms with E-state index in [2.05, 4.69) is 4.74 Å². The Kier molecular flexibility index (Phi) is 2.38. The minimum absolute atomic E-state index is 0.342. The number of benzene rings is 1. The summed E-state index contributed by atoms with van der Waals surface area (Å²) in [6.07, 6.45) is 1.60. The van der Waals surface area contributed by atoms with E-state index in [0.717, 1.165) is 12.8 Å². The van der Waals surface area contributed by atoms with E-state index in [1.807, 2.05) is 0 Å². The lowest BCUT2D eigenvalue weighted by Gasteiger charge is -2.15. The molecule has 0 N–H and O–H groups in total. The van der Waals surface area contributed by atoms with Crippen molar-refractivity contribution < 1.29 is 18.3 Å². The van der Waals surface area contributed by atoms with Crippen LogP contribution in [-0.4, -0.2) is 14.2 Å². The SMILES string of the molecule is COc1c(F)cc(C2(OC)CC2)cc1F. The molecule has 0 saturated heterocycles. The Morgan fingerprint density at radius 1 is 1.13 bits per heavy atom. The molecule has 1 aromatic carbocycles. The molecule has 2 rings (SSSR count). The van der Waals surface area contributed by atoms with Gasteiger partial charge in [-0.3, -0.25) is 0 Å². The van der Waals surface area contributed by atoms with Gasteiger partial charge in [0, 0.05) is 7.11 Å². The molecule has 0 bridgehead atoms. The fourth-order valence-electron chi connectivity index (χ4n) is 1.74. The zero-order valence-corrected chi connectivity index (χ0v) is 8.64. The molecule has 0 heterocycles. The van der Waals surface area contributed by atoms with Crippen molar-refractivity contribution in [3.63, 3.8) is 0 Å². The maximum absolute atomic E-state index is 13.4. The van der Waals surface area contributed by atoms with Gasteiger partial charge in [-0.2, -0.15) is 0 Å². The third-order valence-corrected chi connectivity index (χ3v) is 2.82. The third-order valence-electron chi connectivity index (χ3n) is 2.82. The van der Waals surface area contributed by atoms with Crippen molar-refractivity contribution in [2.24, 2.45) is 0 Å². The molecular weight excluding hydrogens is 202 g/mol. The molecule has 2 nitrogen and oxygen atoms in total. The molecule has 4 heteroatoms. The number of ether oxygens (including phenoxy) is 2. The van der Waals surface area contributed by atoms with Crippen LogP contribution in [0.4, 0.5) is 8.78 Å². The molecule has 1 fully saturated rings. The second kappa shape index (κ2) is 3.45. The highest BCUT2D eigenvalue weighted by molar-refractivity contribution is 5.36. The summed E-state index contributed by atoms with van der Waals surface area (Å²) >= 11 is 0. The smallest absolute Gasteiger partial charge is 0.190 e. The van der Waals surface area contributed by atoms with Crippen LogP contribution in [0.15, 0.2) is 12.1 Å². The van der Waals surface area contributed by atoms with Crippen molar-refractivity contribution >= 4 is 0 Å². The van der Waals surface area contributed by atoms with Crippen LogP contribution >= 0.6 is 0 Å². The van der Waals surface area contributed by atoms with Crippen molar-refractivity contribution in [1.29, 1.82) is 0 Å². The number of hydrogen-bond donors (Lipinski definition) is 0. The molecule has 0 radical (unpaired) electrons. The summed E-state index contributed by atoms with van der Waals surface area (Å²) < 4.78 is 36.6. The first-order chi connectivity index (χ1) is 7.13. The van der Waals surface area contributed by atoms with E-state index in [1.54, 1.807) is 7.11 Å². The van der Waals surface area contributed by atoms with Gasteiger partial charge in [0.05, 0.1) is 12.7 Å². The minimum Gasteiger partial charge on any atom is -0.491 e. The summed E-state index contributed by atoms with van der Waals surface area (Å²) in [7, 11) is 2.79. The topological polar surface area (TPSA) is 18.5 Å². The van der Waals surface area contributed by atoms with E-state index in [-0.39, 0.29) is 5.75 Å². The number of rotatable bonds is 3. The first-order valence-electron chi connectivity index (χ1n) is 4.71. The molecule has 1 aliphatic rings. The second-order valence-corrected chi connectivity index (χ2v) is 3.67. The first kappa shape index (κ1) is 10.4. The van der Waals surface area contributed by atoms with Gasteiger partial charge in [-0.15, -0.1) is 0 Å². The standard InChI is InChI=1S/C11H12F2O2/c1-14-10-8(12)5-7(6-9(10)13)11(15-2)3-4-11/h5-6H,3-4H2,1-2H3. The summed E-state index contributed by atoms with van der Waals surface area (Å²) in [4.78, 5) is 0. The fourth-order valence-corrected chi connectivity index (χ4v) is 1.74. The summed E-state index contributed by atoms with van der Waals surface area (Å²) in [6.45, 7) is 0. The Balaban J connectivity index is 2.44. The van der Waals surface area contributed by atoms with Crippen LogP contribution in [0.1, 0.15) is 18.4 Å². The molecule has 82 valence electrons. The highest BCUT2D eigenvalue weighted by Crippen LogP contribution is 2.49. The Bertz CT molecular complexity index is 363. The van der Waals surface area contributed by atoms with Gasteiger partial charge in [0.2, 0.25) is 0 Å². The normalized spacial score (nSPS) is 17.6. The van der Waals surface area contributed by atoms with Gasteiger partial charge in [0.15, 0.2) is 17.4 Å². The van der Waals surface area contributed by atoms with Crippen molar-refractivity contribution in [3.05, 3.63) is 29.3 Å². The van der Waals surface area contributed by atoms with Gasteiger partial charge >= 0.3 is 0 Å². The van der Waals surface area contributed by atoms with Gasteiger partial charge in [-0.25, -0.2) is 8.78 Å². The van der Waals surface area contributed by atoms with Gasteiger partial charge in [-0.05, 0) is 30.5 Å². The summed E-state index contributed by atoms with van der Waals surface area (Å²) in [5, 5.41) is 0. The molecular formula is C11H12F2O2. The molecule has 0 amide bonds. The maximum atomic E-state index is 13.4. The quantitative estimate of drug-likeness (QED) is 0.770. The van der Waals surface area contributed by atoms with Gasteiger partial charge < -0.3 is 9.47 Å². The molecule has 0 spiro atoms. The van der Waals surface area contributed by atoms with Crippen LogP contribution in [0.25, 0.3) is 0 Å². The summed E-state index contributed by atoms with van der Waals surface area (Å²) in [5.74, 6) is -1.71. The Hall–Kier alpha value is -1.16. The molecule has 0 unspecified atom stereocenters. The molecule has 1 saturated carbocycles. The predicted octanol–water partition coefficient (Wildman–Crippen LogP) is 2.61. The van der Waals surface area contributed by atoms with E-state index in [0.29, 0.717) is 5.56 Å². The second-order valence-electron chi connectivity index (χ2n) is 3.67. The van der Waals surface area contributed by atoms with Crippen LogP contribution in [-0.2, 0) is 10.3 Å². The van der Waals surface area contributed by atoms with E-state index in [1.165, 1.54) is 19.2 Å². The number of hydrogen-bond acceptors (Lipinski definition) is 2. The number of methoxy groups -OCH3 is 2. The molecule has 0 aliphatic heterocycles. The van der Waals surface area contributed by atoms with Gasteiger partial charge in [0.25, 0.3) is 0 Å². The van der Waals surface area contributed by atoms with Crippen LogP contribution in [0.2, 0.25) is 0 Å².